The molecule has 0 saturated carbocycles. The second kappa shape index (κ2) is 5.98. The van der Waals surface area contributed by atoms with Crippen molar-refractivity contribution in [3.63, 3.8) is 0 Å². The molecule has 0 radical (unpaired) electrons. The first-order chi connectivity index (χ1) is 8.28. The highest BCUT2D eigenvalue weighted by Gasteiger charge is 2.12. The van der Waals surface area contributed by atoms with Crippen molar-refractivity contribution < 1.29 is 4.42 Å². The first-order valence-corrected chi connectivity index (χ1v) is 6.81. The number of thiazole rings is 1. The van der Waals surface area contributed by atoms with Crippen molar-refractivity contribution in [3.05, 3.63) is 40.2 Å². The molecule has 92 valence electrons. The summed E-state index contributed by atoms with van der Waals surface area (Å²) in [7, 11) is 0. The minimum Gasteiger partial charge on any atom is -0.472 e. The fourth-order valence-electron chi connectivity index (χ4n) is 1.91. The molecule has 1 unspecified atom stereocenters. The normalized spacial score (nSPS) is 12.8. The molecule has 2 rings (SSSR count). The average molecular weight is 250 g/mol. The van der Waals surface area contributed by atoms with Crippen LogP contribution in [0.4, 0.5) is 0 Å². The van der Waals surface area contributed by atoms with Crippen LogP contribution in [0.2, 0.25) is 0 Å². The minimum absolute atomic E-state index is 0.433. The maximum absolute atomic E-state index is 5.11. The summed E-state index contributed by atoms with van der Waals surface area (Å²) in [6, 6.07) is 2.46. The molecule has 0 aromatic carbocycles. The Morgan fingerprint density at radius 2 is 2.35 bits per heavy atom. The number of hydrogen-bond acceptors (Lipinski definition) is 4. The Labute approximate surface area is 106 Å². The molecule has 17 heavy (non-hydrogen) atoms. The lowest BCUT2D eigenvalue weighted by atomic mass is 10.1. The third-order valence-electron chi connectivity index (χ3n) is 2.64. The van der Waals surface area contributed by atoms with Crippen LogP contribution in [0.5, 0.6) is 0 Å². The predicted molar refractivity (Wildman–Crippen MR) is 70.4 cm³/mol. The van der Waals surface area contributed by atoms with Gasteiger partial charge in [0.05, 0.1) is 17.5 Å². The molecule has 0 fully saturated rings. The lowest BCUT2D eigenvalue weighted by molar-refractivity contribution is 0.512. The fraction of sp³-hybridized carbons (Fsp3) is 0.462. The molecule has 0 aliphatic carbocycles. The van der Waals surface area contributed by atoms with E-state index < -0.39 is 0 Å². The molecule has 2 aromatic rings. The summed E-state index contributed by atoms with van der Waals surface area (Å²) in [5.41, 5.74) is 2.35. The molecular formula is C13H18N2OS. The third-order valence-corrected chi connectivity index (χ3v) is 3.63. The van der Waals surface area contributed by atoms with Gasteiger partial charge in [0.15, 0.2) is 0 Å². The van der Waals surface area contributed by atoms with Crippen LogP contribution in [0.15, 0.2) is 28.4 Å². The summed E-state index contributed by atoms with van der Waals surface area (Å²) in [4.78, 5) is 4.52. The number of aromatic nitrogens is 1. The second-order valence-corrected chi connectivity index (χ2v) is 5.12. The fourth-order valence-corrected chi connectivity index (χ4v) is 2.76. The van der Waals surface area contributed by atoms with Gasteiger partial charge in [-0.3, -0.25) is 0 Å². The van der Waals surface area contributed by atoms with Crippen LogP contribution in [-0.2, 0) is 12.8 Å². The molecule has 0 spiro atoms. The van der Waals surface area contributed by atoms with E-state index in [-0.39, 0.29) is 0 Å². The Balaban J connectivity index is 1.97. The van der Waals surface area contributed by atoms with E-state index in [0.717, 1.165) is 25.1 Å². The van der Waals surface area contributed by atoms with E-state index in [2.05, 4.69) is 22.6 Å². The number of likely N-dealkylation sites (N-methyl/N-ethyl adjacent to an activating group) is 1. The monoisotopic (exact) mass is 250 g/mol. The van der Waals surface area contributed by atoms with Gasteiger partial charge in [0.25, 0.3) is 0 Å². The Morgan fingerprint density at radius 3 is 2.94 bits per heavy atom. The van der Waals surface area contributed by atoms with Crippen molar-refractivity contribution in [3.8, 4) is 0 Å². The number of aryl methyl sites for hydroxylation is 1. The van der Waals surface area contributed by atoms with Crippen LogP contribution in [0.1, 0.15) is 23.2 Å². The first kappa shape index (κ1) is 12.3. The predicted octanol–water partition coefficient (Wildman–Crippen LogP) is 2.81. The number of hydrogen-bond donors (Lipinski definition) is 1. The van der Waals surface area contributed by atoms with Gasteiger partial charge >= 0.3 is 0 Å². The van der Waals surface area contributed by atoms with E-state index in [1.165, 1.54) is 10.6 Å². The highest BCUT2D eigenvalue weighted by atomic mass is 32.1. The molecule has 2 aromatic heterocycles. The zero-order valence-electron chi connectivity index (χ0n) is 10.3. The van der Waals surface area contributed by atoms with Crippen molar-refractivity contribution in [2.75, 3.05) is 6.54 Å². The van der Waals surface area contributed by atoms with Crippen LogP contribution < -0.4 is 5.32 Å². The Kier molecular flexibility index (Phi) is 4.34. The minimum atomic E-state index is 0.433. The van der Waals surface area contributed by atoms with E-state index in [1.54, 1.807) is 17.6 Å². The van der Waals surface area contributed by atoms with Crippen LogP contribution in [0.25, 0.3) is 0 Å². The van der Waals surface area contributed by atoms with Crippen molar-refractivity contribution in [2.45, 2.75) is 32.7 Å². The molecular weight excluding hydrogens is 232 g/mol. The number of rotatable bonds is 6. The summed E-state index contributed by atoms with van der Waals surface area (Å²) < 4.78 is 5.11. The lowest BCUT2D eigenvalue weighted by Gasteiger charge is -2.15. The molecule has 0 saturated heterocycles. The van der Waals surface area contributed by atoms with E-state index >= 15 is 0 Å². The van der Waals surface area contributed by atoms with Gasteiger partial charge in [-0.05, 0) is 31.5 Å². The molecule has 0 bridgehead atoms. The zero-order chi connectivity index (χ0) is 12.1. The van der Waals surface area contributed by atoms with Crippen LogP contribution in [-0.4, -0.2) is 17.6 Å². The van der Waals surface area contributed by atoms with Crippen molar-refractivity contribution in [2.24, 2.45) is 0 Å². The Bertz CT molecular complexity index is 436. The summed E-state index contributed by atoms with van der Waals surface area (Å²) >= 11 is 1.74. The van der Waals surface area contributed by atoms with E-state index in [9.17, 15) is 0 Å². The SMILES string of the molecule is CCNC(Cc1ccoc1)Cc1nc(C)cs1. The molecule has 3 nitrogen and oxygen atoms in total. The van der Waals surface area contributed by atoms with Gasteiger partial charge in [0.2, 0.25) is 0 Å². The van der Waals surface area contributed by atoms with Crippen LogP contribution >= 0.6 is 11.3 Å². The van der Waals surface area contributed by atoms with Crippen LogP contribution in [0.3, 0.4) is 0 Å². The standard InChI is InChI=1S/C13H18N2OS/c1-3-14-12(6-11-4-5-16-8-11)7-13-15-10(2)9-17-13/h4-5,8-9,12,14H,3,6-7H2,1-2H3. The molecule has 0 aliphatic heterocycles. The van der Waals surface area contributed by atoms with Gasteiger partial charge in [0.1, 0.15) is 0 Å². The van der Waals surface area contributed by atoms with Gasteiger partial charge in [0, 0.05) is 23.5 Å². The number of nitrogens with zero attached hydrogens (tertiary/aromatic N) is 1. The van der Waals surface area contributed by atoms with Crippen molar-refractivity contribution >= 4 is 11.3 Å². The molecule has 0 aliphatic rings. The molecule has 1 atom stereocenters. The summed E-state index contributed by atoms with van der Waals surface area (Å²) in [5.74, 6) is 0. The van der Waals surface area contributed by atoms with Gasteiger partial charge in [-0.1, -0.05) is 6.92 Å². The molecule has 4 heteroatoms. The van der Waals surface area contributed by atoms with Gasteiger partial charge in [-0.15, -0.1) is 11.3 Å². The number of furan rings is 1. The smallest absolute Gasteiger partial charge is 0.0943 e. The van der Waals surface area contributed by atoms with E-state index in [0.29, 0.717) is 6.04 Å². The van der Waals surface area contributed by atoms with Crippen molar-refractivity contribution in [1.29, 1.82) is 0 Å². The Hall–Kier alpha value is -1.13. The maximum Gasteiger partial charge on any atom is 0.0943 e. The summed E-state index contributed by atoms with van der Waals surface area (Å²) in [6.45, 7) is 5.15. The van der Waals surface area contributed by atoms with Crippen molar-refractivity contribution in [1.82, 2.24) is 10.3 Å². The Morgan fingerprint density at radius 1 is 1.47 bits per heavy atom. The third kappa shape index (κ3) is 3.68. The first-order valence-electron chi connectivity index (χ1n) is 5.93. The van der Waals surface area contributed by atoms with Crippen LogP contribution in [0, 0.1) is 6.92 Å². The molecule has 0 amide bonds. The van der Waals surface area contributed by atoms with Gasteiger partial charge in [-0.25, -0.2) is 4.98 Å². The quantitative estimate of drug-likeness (QED) is 0.856. The molecule has 2 heterocycles. The van der Waals surface area contributed by atoms with E-state index in [1.807, 2.05) is 19.3 Å². The molecule has 1 N–H and O–H groups in total. The highest BCUT2D eigenvalue weighted by molar-refractivity contribution is 7.09. The summed E-state index contributed by atoms with van der Waals surface area (Å²) in [5, 5.41) is 6.82. The zero-order valence-corrected chi connectivity index (χ0v) is 11.1. The lowest BCUT2D eigenvalue weighted by Crippen LogP contribution is -2.32. The van der Waals surface area contributed by atoms with Gasteiger partial charge in [-0.2, -0.15) is 0 Å². The summed E-state index contributed by atoms with van der Waals surface area (Å²) in [6.07, 6.45) is 5.52. The van der Waals surface area contributed by atoms with E-state index in [4.69, 9.17) is 4.42 Å². The second-order valence-electron chi connectivity index (χ2n) is 4.18. The number of nitrogens with one attached hydrogen (secondary N) is 1. The highest BCUT2D eigenvalue weighted by Crippen LogP contribution is 2.13. The maximum atomic E-state index is 5.11. The largest absolute Gasteiger partial charge is 0.472 e. The van der Waals surface area contributed by atoms with Gasteiger partial charge < -0.3 is 9.73 Å². The topological polar surface area (TPSA) is 38.1 Å². The average Bonchev–Trinajstić information content (AvgIpc) is 2.91.